The number of carbonyl (C=O) groups is 1. The van der Waals surface area contributed by atoms with Crippen molar-refractivity contribution in [2.45, 2.75) is 6.54 Å². The van der Waals surface area contributed by atoms with Crippen LogP contribution in [0.2, 0.25) is 0 Å². The number of benzene rings is 1. The minimum Gasteiger partial charge on any atom is -0.465 e. The van der Waals surface area contributed by atoms with E-state index >= 15 is 0 Å². The summed E-state index contributed by atoms with van der Waals surface area (Å²) < 4.78 is 24.6. The Morgan fingerprint density at radius 2 is 2.17 bits per heavy atom. The van der Waals surface area contributed by atoms with Crippen molar-refractivity contribution in [3.63, 3.8) is 0 Å². The Hall–Kier alpha value is -2.02. The van der Waals surface area contributed by atoms with Gasteiger partial charge in [-0.25, -0.2) is 13.2 Å². The van der Waals surface area contributed by atoms with Crippen molar-refractivity contribution < 1.29 is 18.3 Å². The van der Waals surface area contributed by atoms with Crippen molar-refractivity contribution in [1.82, 2.24) is 5.32 Å². The van der Waals surface area contributed by atoms with Crippen molar-refractivity contribution >= 4 is 27.9 Å². The molecule has 0 heterocycles. The molecular formula is C11H14N2O4S. The largest absolute Gasteiger partial charge is 0.465 e. The van der Waals surface area contributed by atoms with Crippen LogP contribution in [-0.2, 0) is 16.6 Å². The molecular weight excluding hydrogens is 256 g/mol. The van der Waals surface area contributed by atoms with E-state index in [-0.39, 0.29) is 6.54 Å². The fourth-order valence-electron chi connectivity index (χ4n) is 1.36. The number of nitrogens with one attached hydrogen (secondary N) is 2. The number of hydrogen-bond donors (Lipinski definition) is 3. The number of sulfonamides is 1. The van der Waals surface area contributed by atoms with E-state index in [1.54, 1.807) is 18.2 Å². The molecule has 6 nitrogen and oxygen atoms in total. The lowest BCUT2D eigenvalue weighted by molar-refractivity contribution is 0.194. The number of hydrogen-bond acceptors (Lipinski definition) is 3. The first-order valence-electron chi connectivity index (χ1n) is 5.02. The topological polar surface area (TPSA) is 95.5 Å². The van der Waals surface area contributed by atoms with Crippen molar-refractivity contribution in [3.05, 3.63) is 35.9 Å². The highest BCUT2D eigenvalue weighted by Crippen LogP contribution is 2.19. The summed E-state index contributed by atoms with van der Waals surface area (Å²) in [6.07, 6.45) is 1.44. The van der Waals surface area contributed by atoms with Gasteiger partial charge in [-0.3, -0.25) is 4.72 Å². The lowest BCUT2D eigenvalue weighted by Crippen LogP contribution is -2.20. The van der Waals surface area contributed by atoms with Crippen LogP contribution in [0, 0.1) is 0 Å². The molecule has 18 heavy (non-hydrogen) atoms. The van der Waals surface area contributed by atoms with E-state index in [2.05, 4.69) is 16.6 Å². The fraction of sp³-hybridized carbons (Fsp3) is 0.182. The molecule has 0 saturated heterocycles. The Balaban J connectivity index is 2.96. The molecule has 1 amide bonds. The minimum atomic E-state index is -3.36. The molecule has 7 heteroatoms. The zero-order chi connectivity index (χ0) is 13.8. The van der Waals surface area contributed by atoms with Crippen LogP contribution >= 0.6 is 0 Å². The highest BCUT2D eigenvalue weighted by Gasteiger charge is 2.07. The number of rotatable bonds is 5. The average Bonchev–Trinajstić information content (AvgIpc) is 2.25. The predicted molar refractivity (Wildman–Crippen MR) is 69.9 cm³/mol. The van der Waals surface area contributed by atoms with Crippen LogP contribution in [0.5, 0.6) is 0 Å². The molecule has 0 atom stereocenters. The Morgan fingerprint density at radius 1 is 1.50 bits per heavy atom. The van der Waals surface area contributed by atoms with Gasteiger partial charge in [-0.15, -0.1) is 0 Å². The van der Waals surface area contributed by atoms with Crippen LogP contribution in [-0.4, -0.2) is 25.9 Å². The molecule has 3 N–H and O–H groups in total. The lowest BCUT2D eigenvalue weighted by Gasteiger charge is -2.10. The Bertz CT molecular complexity index is 566. The van der Waals surface area contributed by atoms with Gasteiger partial charge in [-0.1, -0.05) is 18.7 Å². The summed E-state index contributed by atoms with van der Waals surface area (Å²) in [5.41, 5.74) is 1.71. The summed E-state index contributed by atoms with van der Waals surface area (Å²) >= 11 is 0. The molecule has 0 unspecified atom stereocenters. The zero-order valence-corrected chi connectivity index (χ0v) is 10.6. The van der Waals surface area contributed by atoms with E-state index in [0.717, 1.165) is 6.26 Å². The number of anilines is 1. The van der Waals surface area contributed by atoms with Crippen LogP contribution in [0.15, 0.2) is 24.8 Å². The molecule has 1 aromatic rings. The minimum absolute atomic E-state index is 0.148. The third-order valence-corrected chi connectivity index (χ3v) is 2.67. The Morgan fingerprint density at radius 3 is 2.67 bits per heavy atom. The van der Waals surface area contributed by atoms with E-state index < -0.39 is 16.1 Å². The van der Waals surface area contributed by atoms with Crippen LogP contribution in [0.1, 0.15) is 11.1 Å². The molecule has 98 valence electrons. The molecule has 0 saturated carbocycles. The third-order valence-electron chi connectivity index (χ3n) is 2.07. The molecule has 0 bridgehead atoms. The standard InChI is InChI=1S/C11H14N2O4S/c1-3-9-6-8(7-12-11(14)15)4-5-10(9)13-18(2,16)17/h3-6,12-13H,1,7H2,2H3,(H,14,15). The van der Waals surface area contributed by atoms with Crippen LogP contribution in [0.3, 0.4) is 0 Å². The molecule has 0 aliphatic carbocycles. The summed E-state index contributed by atoms with van der Waals surface area (Å²) in [5.74, 6) is 0. The maximum Gasteiger partial charge on any atom is 0.404 e. The second-order valence-corrected chi connectivity index (χ2v) is 5.41. The molecule has 0 aliphatic heterocycles. The van der Waals surface area contributed by atoms with Crippen molar-refractivity contribution in [2.24, 2.45) is 0 Å². The summed E-state index contributed by atoms with van der Waals surface area (Å²) in [4.78, 5) is 10.4. The van der Waals surface area contributed by atoms with Gasteiger partial charge in [0, 0.05) is 6.54 Å². The predicted octanol–water partition coefficient (Wildman–Crippen LogP) is 1.47. The highest BCUT2D eigenvalue weighted by atomic mass is 32.2. The first-order valence-corrected chi connectivity index (χ1v) is 6.91. The van der Waals surface area contributed by atoms with Gasteiger partial charge in [0.15, 0.2) is 0 Å². The zero-order valence-electron chi connectivity index (χ0n) is 9.80. The molecule has 0 aromatic heterocycles. The van der Waals surface area contributed by atoms with Crippen molar-refractivity contribution in [1.29, 1.82) is 0 Å². The van der Waals surface area contributed by atoms with Crippen LogP contribution < -0.4 is 10.0 Å². The van der Waals surface area contributed by atoms with E-state index in [1.807, 2.05) is 0 Å². The molecule has 1 rings (SSSR count). The van der Waals surface area contributed by atoms with Gasteiger partial charge in [0.05, 0.1) is 11.9 Å². The molecule has 0 radical (unpaired) electrons. The van der Waals surface area contributed by atoms with Gasteiger partial charge in [0.1, 0.15) is 0 Å². The second-order valence-electron chi connectivity index (χ2n) is 3.66. The average molecular weight is 270 g/mol. The van der Waals surface area contributed by atoms with E-state index in [4.69, 9.17) is 5.11 Å². The monoisotopic (exact) mass is 270 g/mol. The van der Waals surface area contributed by atoms with E-state index in [0.29, 0.717) is 16.8 Å². The van der Waals surface area contributed by atoms with Crippen LogP contribution in [0.4, 0.5) is 10.5 Å². The van der Waals surface area contributed by atoms with E-state index in [1.165, 1.54) is 6.08 Å². The van der Waals surface area contributed by atoms with Gasteiger partial charge < -0.3 is 10.4 Å². The maximum absolute atomic E-state index is 11.1. The van der Waals surface area contributed by atoms with Gasteiger partial charge in [-0.05, 0) is 23.3 Å². The summed E-state index contributed by atoms with van der Waals surface area (Å²) in [6.45, 7) is 3.73. The smallest absolute Gasteiger partial charge is 0.404 e. The molecule has 0 spiro atoms. The van der Waals surface area contributed by atoms with Gasteiger partial charge >= 0.3 is 6.09 Å². The summed E-state index contributed by atoms with van der Waals surface area (Å²) in [5, 5.41) is 10.7. The fourth-order valence-corrected chi connectivity index (χ4v) is 1.95. The van der Waals surface area contributed by atoms with Crippen molar-refractivity contribution in [2.75, 3.05) is 11.0 Å². The first-order chi connectivity index (χ1) is 8.31. The number of carboxylic acid groups (broad SMARTS) is 1. The highest BCUT2D eigenvalue weighted by molar-refractivity contribution is 7.92. The Kier molecular flexibility index (Phi) is 4.33. The van der Waals surface area contributed by atoms with Gasteiger partial charge in [0.2, 0.25) is 10.0 Å². The quantitative estimate of drug-likeness (QED) is 0.755. The van der Waals surface area contributed by atoms with E-state index in [9.17, 15) is 13.2 Å². The second kappa shape index (κ2) is 5.54. The Labute approximate surface area is 105 Å². The van der Waals surface area contributed by atoms with Gasteiger partial charge in [0.25, 0.3) is 0 Å². The molecule has 0 fully saturated rings. The molecule has 0 aliphatic rings. The van der Waals surface area contributed by atoms with Gasteiger partial charge in [-0.2, -0.15) is 0 Å². The molecule has 1 aromatic carbocycles. The van der Waals surface area contributed by atoms with Crippen molar-refractivity contribution in [3.8, 4) is 0 Å². The normalized spacial score (nSPS) is 10.7. The first kappa shape index (κ1) is 14.0. The van der Waals surface area contributed by atoms with Crippen LogP contribution in [0.25, 0.3) is 6.08 Å². The third kappa shape index (κ3) is 4.46. The maximum atomic E-state index is 11.1. The summed E-state index contributed by atoms with van der Waals surface area (Å²) in [6, 6.07) is 4.86. The SMILES string of the molecule is C=Cc1cc(CNC(=O)O)ccc1NS(C)(=O)=O. The number of amides is 1. The summed E-state index contributed by atoms with van der Waals surface area (Å²) in [7, 11) is -3.36. The lowest BCUT2D eigenvalue weighted by atomic mass is 10.1.